The van der Waals surface area contributed by atoms with E-state index in [2.05, 4.69) is 23.8 Å². The van der Waals surface area contributed by atoms with Gasteiger partial charge >= 0.3 is 0 Å². The summed E-state index contributed by atoms with van der Waals surface area (Å²) < 4.78 is 0. The molecule has 0 fully saturated rings. The Morgan fingerprint density at radius 3 is 2.47 bits per heavy atom. The van der Waals surface area contributed by atoms with E-state index in [0.29, 0.717) is 17.3 Å². The predicted molar refractivity (Wildman–Crippen MR) is 86.3 cm³/mol. The zero-order valence-corrected chi connectivity index (χ0v) is 13.1. The molecule has 0 saturated heterocycles. The molecule has 0 bridgehead atoms. The highest BCUT2D eigenvalue weighted by atomic mass is 35.5. The first-order valence-electron chi connectivity index (χ1n) is 6.94. The molecule has 0 spiro atoms. The zero-order chi connectivity index (χ0) is 14.7. The molecule has 0 radical (unpaired) electrons. The van der Waals surface area contributed by atoms with Gasteiger partial charge in [0, 0.05) is 24.5 Å². The Balaban J connectivity index is 5.07. The van der Waals surface area contributed by atoms with Crippen molar-refractivity contribution < 1.29 is 0 Å². The highest BCUT2D eigenvalue weighted by Gasteiger charge is 2.08. The van der Waals surface area contributed by atoms with Crippen LogP contribution in [0.3, 0.4) is 0 Å². The highest BCUT2D eigenvalue weighted by molar-refractivity contribution is 6.65. The number of nitrogens with one attached hydrogen (secondary N) is 2. The molecule has 0 saturated carbocycles. The lowest BCUT2D eigenvalue weighted by molar-refractivity contribution is 0.661. The van der Waals surface area contributed by atoms with Crippen molar-refractivity contribution in [1.82, 2.24) is 5.32 Å². The Morgan fingerprint density at radius 1 is 1.32 bits per heavy atom. The van der Waals surface area contributed by atoms with Crippen LogP contribution in [0.4, 0.5) is 0 Å². The Kier molecular flexibility index (Phi) is 10.2. The normalized spacial score (nSPS) is 12.9. The lowest BCUT2D eigenvalue weighted by atomic mass is 10.1. The summed E-state index contributed by atoms with van der Waals surface area (Å²) in [6, 6.07) is 0. The van der Waals surface area contributed by atoms with E-state index in [1.165, 1.54) is 25.5 Å². The van der Waals surface area contributed by atoms with Crippen molar-refractivity contribution in [2.75, 3.05) is 7.05 Å². The minimum atomic E-state index is 0.578. The number of hydrogen-bond donors (Lipinski definition) is 2. The molecule has 19 heavy (non-hydrogen) atoms. The molecule has 0 heterocycles. The molecular formula is C15H26ClN3. The molecule has 108 valence electrons. The molecule has 0 aromatic carbocycles. The summed E-state index contributed by atoms with van der Waals surface area (Å²) in [6.45, 7) is 8.07. The van der Waals surface area contributed by atoms with Crippen molar-refractivity contribution in [2.45, 2.75) is 52.4 Å². The van der Waals surface area contributed by atoms with Crippen molar-refractivity contribution in [1.29, 1.82) is 5.41 Å². The Labute approximate surface area is 122 Å². The second-order valence-corrected chi connectivity index (χ2v) is 4.82. The van der Waals surface area contributed by atoms with Gasteiger partial charge in [0.05, 0.1) is 5.70 Å². The van der Waals surface area contributed by atoms with Gasteiger partial charge in [-0.3, -0.25) is 0 Å². The van der Waals surface area contributed by atoms with Crippen LogP contribution in [0.25, 0.3) is 0 Å². The van der Waals surface area contributed by atoms with Crippen LogP contribution < -0.4 is 5.32 Å². The maximum Gasteiger partial charge on any atom is 0.106 e. The number of halogens is 1. The van der Waals surface area contributed by atoms with E-state index in [9.17, 15) is 0 Å². The number of likely N-dealkylation sites (N-methyl/N-ethyl adjacent to an activating group) is 1. The van der Waals surface area contributed by atoms with Crippen LogP contribution in [0.1, 0.15) is 52.4 Å². The molecule has 0 aromatic heterocycles. The molecule has 0 unspecified atom stereocenters. The first-order chi connectivity index (χ1) is 9.10. The third-order valence-electron chi connectivity index (χ3n) is 2.90. The second-order valence-electron chi connectivity index (χ2n) is 4.39. The summed E-state index contributed by atoms with van der Waals surface area (Å²) in [5.74, 6) is 0. The van der Waals surface area contributed by atoms with Crippen molar-refractivity contribution in [3.8, 4) is 0 Å². The number of nitrogens with zero attached hydrogens (tertiary/aromatic N) is 1. The fourth-order valence-electron chi connectivity index (χ4n) is 1.67. The van der Waals surface area contributed by atoms with Gasteiger partial charge in [-0.15, -0.1) is 0 Å². The standard InChI is InChI=1S/C15H26ClN3/c1-5-7-8-9-10-14(19-15(16)6-2)13(11-17)12(3)18-4/h11,17-18H,3,5-10H2,1-2,4H3/b14-13-,17-11?,19-15+. The quantitative estimate of drug-likeness (QED) is 0.342. The van der Waals surface area contributed by atoms with Crippen LogP contribution in [0.15, 0.2) is 28.5 Å². The minimum Gasteiger partial charge on any atom is -0.388 e. The van der Waals surface area contributed by atoms with Crippen LogP contribution in [-0.4, -0.2) is 18.4 Å². The lowest BCUT2D eigenvalue weighted by Gasteiger charge is -2.11. The predicted octanol–water partition coefficient (Wildman–Crippen LogP) is 4.64. The van der Waals surface area contributed by atoms with E-state index < -0.39 is 0 Å². The van der Waals surface area contributed by atoms with Gasteiger partial charge in [-0.25, -0.2) is 4.99 Å². The van der Waals surface area contributed by atoms with E-state index in [1.807, 2.05) is 6.92 Å². The summed E-state index contributed by atoms with van der Waals surface area (Å²) in [4.78, 5) is 4.44. The molecule has 0 aliphatic rings. The molecule has 0 aliphatic carbocycles. The third kappa shape index (κ3) is 7.16. The first kappa shape index (κ1) is 17.9. The Morgan fingerprint density at radius 2 is 2.00 bits per heavy atom. The summed E-state index contributed by atoms with van der Waals surface area (Å²) in [5, 5.41) is 11.1. The van der Waals surface area contributed by atoms with E-state index >= 15 is 0 Å². The van der Waals surface area contributed by atoms with Gasteiger partial charge < -0.3 is 10.7 Å². The van der Waals surface area contributed by atoms with Gasteiger partial charge in [0.1, 0.15) is 5.17 Å². The Hall–Kier alpha value is -1.09. The number of allylic oxidation sites excluding steroid dienone is 2. The smallest absolute Gasteiger partial charge is 0.106 e. The van der Waals surface area contributed by atoms with Crippen molar-refractivity contribution in [2.24, 2.45) is 4.99 Å². The van der Waals surface area contributed by atoms with Crippen molar-refractivity contribution >= 4 is 23.0 Å². The molecule has 0 aliphatic heterocycles. The SMILES string of the molecule is C=C(NC)/C(C=N)=C(CCCCCC)\N=C(\Cl)CC. The molecule has 0 aromatic rings. The summed E-state index contributed by atoms with van der Waals surface area (Å²) in [5.41, 5.74) is 2.31. The fourth-order valence-corrected chi connectivity index (χ4v) is 1.78. The largest absolute Gasteiger partial charge is 0.388 e. The number of aliphatic imine (C=N–C) groups is 1. The zero-order valence-electron chi connectivity index (χ0n) is 12.4. The van der Waals surface area contributed by atoms with Gasteiger partial charge in [0.25, 0.3) is 0 Å². The first-order valence-corrected chi connectivity index (χ1v) is 7.32. The summed E-state index contributed by atoms with van der Waals surface area (Å²) in [6.07, 6.45) is 7.52. The number of hydrogen-bond acceptors (Lipinski definition) is 3. The lowest BCUT2D eigenvalue weighted by Crippen LogP contribution is -2.10. The van der Waals surface area contributed by atoms with Gasteiger partial charge in [-0.2, -0.15) is 0 Å². The van der Waals surface area contributed by atoms with E-state index in [4.69, 9.17) is 17.0 Å². The highest BCUT2D eigenvalue weighted by Crippen LogP contribution is 2.19. The van der Waals surface area contributed by atoms with Crippen LogP contribution >= 0.6 is 11.6 Å². The molecule has 0 atom stereocenters. The van der Waals surface area contributed by atoms with Gasteiger partial charge in [0.2, 0.25) is 0 Å². The fraction of sp³-hybridized carbons (Fsp3) is 0.600. The average Bonchev–Trinajstić information content (AvgIpc) is 2.43. The van der Waals surface area contributed by atoms with Crippen LogP contribution in [0, 0.1) is 5.41 Å². The van der Waals surface area contributed by atoms with Crippen LogP contribution in [-0.2, 0) is 0 Å². The van der Waals surface area contributed by atoms with Gasteiger partial charge in [-0.05, 0) is 19.3 Å². The molecular weight excluding hydrogens is 258 g/mol. The monoisotopic (exact) mass is 283 g/mol. The molecule has 0 rings (SSSR count). The van der Waals surface area contributed by atoms with Gasteiger partial charge in [-0.1, -0.05) is 51.3 Å². The molecule has 4 heteroatoms. The van der Waals surface area contributed by atoms with Gasteiger partial charge in [0.15, 0.2) is 0 Å². The number of rotatable bonds is 10. The number of unbranched alkanes of at least 4 members (excludes halogenated alkanes) is 3. The van der Waals surface area contributed by atoms with Crippen molar-refractivity contribution in [3.05, 3.63) is 23.5 Å². The average molecular weight is 284 g/mol. The molecule has 2 N–H and O–H groups in total. The van der Waals surface area contributed by atoms with Crippen LogP contribution in [0.2, 0.25) is 0 Å². The van der Waals surface area contributed by atoms with E-state index in [1.54, 1.807) is 7.05 Å². The van der Waals surface area contributed by atoms with E-state index in [-0.39, 0.29) is 0 Å². The molecule has 3 nitrogen and oxygen atoms in total. The maximum absolute atomic E-state index is 7.55. The summed E-state index contributed by atoms with van der Waals surface area (Å²) >= 11 is 6.04. The van der Waals surface area contributed by atoms with Crippen LogP contribution in [0.5, 0.6) is 0 Å². The topological polar surface area (TPSA) is 48.2 Å². The summed E-state index contributed by atoms with van der Waals surface area (Å²) in [7, 11) is 1.80. The molecule has 0 amide bonds. The van der Waals surface area contributed by atoms with E-state index in [0.717, 1.165) is 24.1 Å². The van der Waals surface area contributed by atoms with Crippen molar-refractivity contribution in [3.63, 3.8) is 0 Å². The Bertz CT molecular complexity index is 356. The maximum atomic E-state index is 7.55. The second kappa shape index (κ2) is 10.8. The third-order valence-corrected chi connectivity index (χ3v) is 3.25. The minimum absolute atomic E-state index is 0.578.